The van der Waals surface area contributed by atoms with E-state index in [1.165, 1.54) is 0 Å². The summed E-state index contributed by atoms with van der Waals surface area (Å²) in [5.74, 6) is -0.502. The van der Waals surface area contributed by atoms with Crippen molar-refractivity contribution in [2.45, 2.75) is 64.4 Å². The second-order valence-corrected chi connectivity index (χ2v) is 11.2. The van der Waals surface area contributed by atoms with Crippen LogP contribution in [0.25, 0.3) is 0 Å². The lowest BCUT2D eigenvalue weighted by Crippen LogP contribution is -2.62. The first kappa shape index (κ1) is 29.6. The van der Waals surface area contributed by atoms with Gasteiger partial charge in [-0.3, -0.25) is 4.79 Å². The molecule has 8 heteroatoms. The smallest absolute Gasteiger partial charge is 0.407 e. The molecule has 41 heavy (non-hydrogen) atoms. The zero-order valence-corrected chi connectivity index (χ0v) is 23.9. The van der Waals surface area contributed by atoms with E-state index in [9.17, 15) is 14.4 Å². The summed E-state index contributed by atoms with van der Waals surface area (Å²) in [6.07, 6.45) is -0.0811. The Bertz CT molecular complexity index is 1280. The number of nitrogens with zero attached hydrogens (tertiary/aromatic N) is 1. The van der Waals surface area contributed by atoms with Crippen LogP contribution in [0.15, 0.2) is 91.0 Å². The molecule has 4 rings (SSSR count). The molecule has 1 aliphatic rings. The second kappa shape index (κ2) is 13.8. The molecule has 0 radical (unpaired) electrons. The molecular formula is C33H39N3O5. The van der Waals surface area contributed by atoms with Crippen LogP contribution in [-0.4, -0.2) is 41.2 Å². The standard InChI is InChI=1S/C33H39N3O5/c1-33(2,3)41-32(39)35-27(20-13-21-34-31(38)40-23-25-16-9-5-10-17-25)28-29(26-18-11-6-12-19-26)36(30(28)37)22-24-14-7-4-8-15-24/h4-12,14-19,27-29H,13,20-23H2,1-3H3,(H,34,38)(H,35,39)/t27-,28+,29+/m0/s1. The van der Waals surface area contributed by atoms with Crippen LogP contribution in [0.3, 0.4) is 0 Å². The van der Waals surface area contributed by atoms with E-state index >= 15 is 0 Å². The lowest BCUT2D eigenvalue weighted by Gasteiger charge is -2.50. The fraction of sp³-hybridized carbons (Fsp3) is 0.364. The molecule has 0 bridgehead atoms. The number of ether oxygens (including phenoxy) is 2. The number of benzene rings is 3. The number of carbonyl (C=O) groups is 3. The number of rotatable bonds is 11. The molecule has 2 N–H and O–H groups in total. The summed E-state index contributed by atoms with van der Waals surface area (Å²) in [6, 6.07) is 28.5. The molecule has 0 spiro atoms. The van der Waals surface area contributed by atoms with Gasteiger partial charge in [0.2, 0.25) is 5.91 Å². The molecule has 8 nitrogen and oxygen atoms in total. The van der Waals surface area contributed by atoms with Crippen molar-refractivity contribution in [2.24, 2.45) is 5.92 Å². The van der Waals surface area contributed by atoms with Crippen LogP contribution in [0.1, 0.15) is 56.3 Å². The van der Waals surface area contributed by atoms with Gasteiger partial charge < -0.3 is 25.0 Å². The normalized spacial score (nSPS) is 17.2. The van der Waals surface area contributed by atoms with Crippen molar-refractivity contribution in [1.29, 1.82) is 0 Å². The second-order valence-electron chi connectivity index (χ2n) is 11.2. The quantitative estimate of drug-likeness (QED) is 0.223. The molecule has 1 saturated heterocycles. The molecule has 3 aromatic rings. The van der Waals surface area contributed by atoms with Crippen molar-refractivity contribution in [2.75, 3.05) is 6.54 Å². The molecule has 3 aromatic carbocycles. The van der Waals surface area contributed by atoms with Crippen LogP contribution in [0, 0.1) is 5.92 Å². The summed E-state index contributed by atoms with van der Waals surface area (Å²) in [4.78, 5) is 40.6. The summed E-state index contributed by atoms with van der Waals surface area (Å²) < 4.78 is 10.8. The third-order valence-electron chi connectivity index (χ3n) is 6.89. The van der Waals surface area contributed by atoms with E-state index in [2.05, 4.69) is 10.6 Å². The molecule has 1 aliphatic heterocycles. The average Bonchev–Trinajstić information content (AvgIpc) is 2.95. The minimum atomic E-state index is -0.680. The van der Waals surface area contributed by atoms with E-state index in [0.717, 1.165) is 16.7 Å². The van der Waals surface area contributed by atoms with E-state index < -0.39 is 29.7 Å². The Labute approximate surface area is 242 Å². The van der Waals surface area contributed by atoms with E-state index in [1.54, 1.807) is 20.8 Å². The number of likely N-dealkylation sites (tertiary alicyclic amines) is 1. The van der Waals surface area contributed by atoms with Gasteiger partial charge in [0.1, 0.15) is 12.2 Å². The number of β-lactam (4-membered cyclic amide) rings is 1. The van der Waals surface area contributed by atoms with Crippen LogP contribution >= 0.6 is 0 Å². The Morgan fingerprint density at radius 2 is 1.44 bits per heavy atom. The maximum atomic E-state index is 13.7. The molecule has 1 fully saturated rings. The Hall–Kier alpha value is -4.33. The van der Waals surface area contributed by atoms with E-state index in [-0.39, 0.29) is 18.6 Å². The number of carbonyl (C=O) groups excluding carboxylic acids is 3. The highest BCUT2D eigenvalue weighted by atomic mass is 16.6. The number of hydrogen-bond donors (Lipinski definition) is 2. The van der Waals surface area contributed by atoms with Gasteiger partial charge in [0.25, 0.3) is 0 Å². The molecule has 0 aromatic heterocycles. The van der Waals surface area contributed by atoms with Crippen LogP contribution in [0.5, 0.6) is 0 Å². The van der Waals surface area contributed by atoms with E-state index in [0.29, 0.717) is 25.9 Å². The SMILES string of the molecule is CC(C)(C)OC(=O)N[C@@H](CCCNC(=O)OCc1ccccc1)[C@H]1C(=O)N(Cc2ccccc2)[C@@H]1c1ccccc1. The van der Waals surface area contributed by atoms with Crippen LogP contribution in [0.4, 0.5) is 9.59 Å². The first-order valence-electron chi connectivity index (χ1n) is 14.0. The summed E-state index contributed by atoms with van der Waals surface area (Å²) >= 11 is 0. The van der Waals surface area contributed by atoms with Crippen molar-refractivity contribution >= 4 is 18.1 Å². The van der Waals surface area contributed by atoms with Crippen molar-refractivity contribution in [3.63, 3.8) is 0 Å². The molecule has 1 heterocycles. The predicted molar refractivity (Wildman–Crippen MR) is 157 cm³/mol. The van der Waals surface area contributed by atoms with Gasteiger partial charge in [-0.2, -0.15) is 0 Å². The Balaban J connectivity index is 1.44. The monoisotopic (exact) mass is 557 g/mol. The highest BCUT2D eigenvalue weighted by Gasteiger charge is 2.52. The van der Waals surface area contributed by atoms with Crippen molar-refractivity contribution in [1.82, 2.24) is 15.5 Å². The van der Waals surface area contributed by atoms with Crippen LogP contribution < -0.4 is 10.6 Å². The number of hydrogen-bond acceptors (Lipinski definition) is 5. The molecular weight excluding hydrogens is 518 g/mol. The van der Waals surface area contributed by atoms with Crippen LogP contribution in [-0.2, 0) is 27.4 Å². The van der Waals surface area contributed by atoms with Gasteiger partial charge in [-0.25, -0.2) is 9.59 Å². The number of amides is 3. The fourth-order valence-corrected chi connectivity index (χ4v) is 5.05. The largest absolute Gasteiger partial charge is 0.445 e. The first-order chi connectivity index (χ1) is 19.7. The lowest BCUT2D eigenvalue weighted by molar-refractivity contribution is -0.160. The average molecular weight is 558 g/mol. The van der Waals surface area contributed by atoms with Gasteiger partial charge in [-0.1, -0.05) is 91.0 Å². The summed E-state index contributed by atoms with van der Waals surface area (Å²) in [6.45, 7) is 6.40. The number of nitrogens with one attached hydrogen (secondary N) is 2. The zero-order valence-electron chi connectivity index (χ0n) is 23.9. The fourth-order valence-electron chi connectivity index (χ4n) is 5.05. The topological polar surface area (TPSA) is 97.0 Å². The van der Waals surface area contributed by atoms with Crippen molar-refractivity contribution < 1.29 is 23.9 Å². The third-order valence-corrected chi connectivity index (χ3v) is 6.89. The van der Waals surface area contributed by atoms with Gasteiger partial charge in [0, 0.05) is 19.1 Å². The Morgan fingerprint density at radius 1 is 0.854 bits per heavy atom. The molecule has 3 atom stereocenters. The molecule has 216 valence electrons. The van der Waals surface area contributed by atoms with E-state index in [4.69, 9.17) is 9.47 Å². The third kappa shape index (κ3) is 8.58. The highest BCUT2D eigenvalue weighted by molar-refractivity contribution is 5.88. The van der Waals surface area contributed by atoms with Crippen LogP contribution in [0.2, 0.25) is 0 Å². The summed E-state index contributed by atoms with van der Waals surface area (Å²) in [7, 11) is 0. The number of alkyl carbamates (subject to hydrolysis) is 2. The lowest BCUT2D eigenvalue weighted by atomic mass is 9.76. The molecule has 3 amide bonds. The van der Waals surface area contributed by atoms with Gasteiger partial charge in [0.15, 0.2) is 0 Å². The highest BCUT2D eigenvalue weighted by Crippen LogP contribution is 2.44. The van der Waals surface area contributed by atoms with Gasteiger partial charge in [-0.05, 0) is 50.3 Å². The van der Waals surface area contributed by atoms with Gasteiger partial charge >= 0.3 is 12.2 Å². The zero-order chi connectivity index (χ0) is 29.2. The van der Waals surface area contributed by atoms with Gasteiger partial charge in [-0.15, -0.1) is 0 Å². The summed E-state index contributed by atoms with van der Waals surface area (Å²) in [5, 5.41) is 5.74. The molecule has 0 unspecified atom stereocenters. The van der Waals surface area contributed by atoms with Crippen molar-refractivity contribution in [3.8, 4) is 0 Å². The first-order valence-corrected chi connectivity index (χ1v) is 14.0. The molecule has 0 aliphatic carbocycles. The Morgan fingerprint density at radius 3 is 2.05 bits per heavy atom. The molecule has 0 saturated carbocycles. The predicted octanol–water partition coefficient (Wildman–Crippen LogP) is 5.99. The minimum Gasteiger partial charge on any atom is -0.445 e. The maximum absolute atomic E-state index is 13.7. The van der Waals surface area contributed by atoms with Crippen molar-refractivity contribution in [3.05, 3.63) is 108 Å². The minimum absolute atomic E-state index is 0.0287. The maximum Gasteiger partial charge on any atom is 0.407 e. The van der Waals surface area contributed by atoms with E-state index in [1.807, 2.05) is 95.9 Å². The van der Waals surface area contributed by atoms with Gasteiger partial charge in [0.05, 0.1) is 12.0 Å². The summed E-state index contributed by atoms with van der Waals surface area (Å²) in [5.41, 5.74) is 2.27. The Kier molecular flexibility index (Phi) is 10.0.